The molecule has 1 amide bonds. The summed E-state index contributed by atoms with van der Waals surface area (Å²) >= 11 is 1.43. The molecular formula is C23H22N4O3S. The Hall–Kier alpha value is -3.52. The number of hydrogen-bond donors (Lipinski definition) is 0. The molecule has 31 heavy (non-hydrogen) atoms. The third-order valence-corrected chi connectivity index (χ3v) is 6.18. The third kappa shape index (κ3) is 4.34. The summed E-state index contributed by atoms with van der Waals surface area (Å²) in [6, 6.07) is 15.4. The van der Waals surface area contributed by atoms with Crippen molar-refractivity contribution in [2.75, 3.05) is 12.0 Å². The number of rotatable bonds is 6. The summed E-state index contributed by atoms with van der Waals surface area (Å²) in [4.78, 5) is 36.4. The lowest BCUT2D eigenvalue weighted by molar-refractivity contribution is -0.119. The molecule has 2 aromatic heterocycles. The fraction of sp³-hybridized carbons (Fsp3) is 0.217. The zero-order valence-electron chi connectivity index (χ0n) is 17.5. The number of aryl methyl sites for hydroxylation is 1. The van der Waals surface area contributed by atoms with Crippen LogP contribution < -0.4 is 15.2 Å². The first-order valence-electron chi connectivity index (χ1n) is 9.78. The van der Waals surface area contributed by atoms with Gasteiger partial charge in [0.05, 0.1) is 30.2 Å². The first-order chi connectivity index (χ1) is 15.0. The van der Waals surface area contributed by atoms with Crippen LogP contribution in [-0.2, 0) is 17.9 Å². The number of carbonyl (C=O) groups excluding carboxylic acids is 1. The maximum Gasteiger partial charge on any atom is 0.256 e. The van der Waals surface area contributed by atoms with E-state index < -0.39 is 0 Å². The second kappa shape index (κ2) is 8.69. The minimum Gasteiger partial charge on any atom is -0.497 e. The van der Waals surface area contributed by atoms with E-state index in [1.54, 1.807) is 25.9 Å². The molecular weight excluding hydrogens is 412 g/mol. The zero-order chi connectivity index (χ0) is 22.0. The van der Waals surface area contributed by atoms with Crippen molar-refractivity contribution in [1.82, 2.24) is 14.5 Å². The van der Waals surface area contributed by atoms with Gasteiger partial charge in [-0.2, -0.15) is 0 Å². The number of fused-ring (bicyclic) bond motifs is 1. The Morgan fingerprint density at radius 3 is 2.68 bits per heavy atom. The van der Waals surface area contributed by atoms with Gasteiger partial charge in [0.15, 0.2) is 5.13 Å². The number of benzene rings is 2. The summed E-state index contributed by atoms with van der Waals surface area (Å²) in [5.41, 5.74) is 2.72. The predicted octanol–water partition coefficient (Wildman–Crippen LogP) is 3.71. The van der Waals surface area contributed by atoms with Gasteiger partial charge in [0.25, 0.3) is 5.56 Å². The summed E-state index contributed by atoms with van der Waals surface area (Å²) in [6.07, 6.45) is 1.42. The highest BCUT2D eigenvalue weighted by atomic mass is 32.1. The van der Waals surface area contributed by atoms with Crippen LogP contribution in [0.5, 0.6) is 5.75 Å². The predicted molar refractivity (Wildman–Crippen MR) is 122 cm³/mol. The van der Waals surface area contributed by atoms with Gasteiger partial charge >= 0.3 is 0 Å². The van der Waals surface area contributed by atoms with E-state index in [2.05, 4.69) is 9.97 Å². The van der Waals surface area contributed by atoms with Gasteiger partial charge < -0.3 is 4.74 Å². The van der Waals surface area contributed by atoms with E-state index in [1.807, 2.05) is 48.5 Å². The van der Waals surface area contributed by atoms with Crippen LogP contribution in [0.25, 0.3) is 10.2 Å². The van der Waals surface area contributed by atoms with Crippen LogP contribution in [0.2, 0.25) is 0 Å². The van der Waals surface area contributed by atoms with E-state index in [0.29, 0.717) is 28.7 Å². The van der Waals surface area contributed by atoms with Gasteiger partial charge in [0.1, 0.15) is 12.3 Å². The Morgan fingerprint density at radius 1 is 1.16 bits per heavy atom. The van der Waals surface area contributed by atoms with Gasteiger partial charge in [-0.25, -0.2) is 9.97 Å². The maximum atomic E-state index is 13.3. The van der Waals surface area contributed by atoms with Crippen molar-refractivity contribution < 1.29 is 9.53 Å². The van der Waals surface area contributed by atoms with E-state index in [1.165, 1.54) is 22.2 Å². The standard InChI is InChI=1S/C23H22N4O3S/c1-15-16(2)24-14-26(22(15)29)13-21(28)27(12-17-7-5-4-6-8-17)23-25-19-11-18(30-3)9-10-20(19)31-23/h4-11,14H,12-13H2,1-3H3. The van der Waals surface area contributed by atoms with Gasteiger partial charge in [-0.05, 0) is 31.5 Å². The number of carbonyl (C=O) groups is 1. The molecule has 0 saturated heterocycles. The zero-order valence-corrected chi connectivity index (χ0v) is 18.3. The Bertz CT molecular complexity index is 1300. The number of anilines is 1. The van der Waals surface area contributed by atoms with Crippen molar-refractivity contribution in [2.24, 2.45) is 0 Å². The quantitative estimate of drug-likeness (QED) is 0.462. The van der Waals surface area contributed by atoms with Crippen LogP contribution in [0.1, 0.15) is 16.8 Å². The Balaban J connectivity index is 1.71. The second-order valence-electron chi connectivity index (χ2n) is 7.18. The molecule has 0 fully saturated rings. The highest BCUT2D eigenvalue weighted by molar-refractivity contribution is 7.22. The second-order valence-corrected chi connectivity index (χ2v) is 8.19. The number of aromatic nitrogens is 3. The number of ether oxygens (including phenoxy) is 1. The average molecular weight is 435 g/mol. The summed E-state index contributed by atoms with van der Waals surface area (Å²) < 4.78 is 7.58. The molecule has 0 unspecified atom stereocenters. The average Bonchev–Trinajstić information content (AvgIpc) is 3.21. The lowest BCUT2D eigenvalue weighted by Gasteiger charge is -2.20. The van der Waals surface area contributed by atoms with Gasteiger partial charge in [-0.1, -0.05) is 41.7 Å². The molecule has 0 bridgehead atoms. The summed E-state index contributed by atoms with van der Waals surface area (Å²) in [7, 11) is 1.61. The number of hydrogen-bond acceptors (Lipinski definition) is 6. The van der Waals surface area contributed by atoms with E-state index in [9.17, 15) is 9.59 Å². The summed E-state index contributed by atoms with van der Waals surface area (Å²) in [5, 5.41) is 0.571. The first-order valence-corrected chi connectivity index (χ1v) is 10.6. The third-order valence-electron chi connectivity index (χ3n) is 5.12. The maximum absolute atomic E-state index is 13.3. The highest BCUT2D eigenvalue weighted by Crippen LogP contribution is 2.32. The SMILES string of the molecule is COc1ccc2sc(N(Cc3ccccc3)C(=O)Cn3cnc(C)c(C)c3=O)nc2c1. The van der Waals surface area contributed by atoms with E-state index in [0.717, 1.165) is 15.8 Å². The largest absolute Gasteiger partial charge is 0.497 e. The Kier molecular flexibility index (Phi) is 5.81. The van der Waals surface area contributed by atoms with Crippen molar-refractivity contribution in [3.63, 3.8) is 0 Å². The molecule has 7 nitrogen and oxygen atoms in total. The van der Waals surface area contributed by atoms with Crippen molar-refractivity contribution >= 4 is 32.6 Å². The molecule has 0 saturated carbocycles. The van der Waals surface area contributed by atoms with Gasteiger partial charge in [0, 0.05) is 17.3 Å². The summed E-state index contributed by atoms with van der Waals surface area (Å²) in [6.45, 7) is 3.73. The molecule has 2 heterocycles. The number of amides is 1. The summed E-state index contributed by atoms with van der Waals surface area (Å²) in [5.74, 6) is 0.472. The van der Waals surface area contributed by atoms with Crippen molar-refractivity contribution in [1.29, 1.82) is 0 Å². The molecule has 0 aliphatic heterocycles. The van der Waals surface area contributed by atoms with Gasteiger partial charge in [-0.15, -0.1) is 0 Å². The van der Waals surface area contributed by atoms with Crippen molar-refractivity contribution in [3.8, 4) is 5.75 Å². The van der Waals surface area contributed by atoms with E-state index in [4.69, 9.17) is 4.74 Å². The van der Waals surface area contributed by atoms with Crippen molar-refractivity contribution in [2.45, 2.75) is 26.9 Å². The molecule has 158 valence electrons. The Labute approximate surface area is 183 Å². The molecule has 0 radical (unpaired) electrons. The fourth-order valence-electron chi connectivity index (χ4n) is 3.19. The normalized spacial score (nSPS) is 10.9. The number of methoxy groups -OCH3 is 1. The van der Waals surface area contributed by atoms with Crippen LogP contribution >= 0.6 is 11.3 Å². The highest BCUT2D eigenvalue weighted by Gasteiger charge is 2.21. The van der Waals surface area contributed by atoms with Gasteiger partial charge in [0.2, 0.25) is 5.91 Å². The first kappa shape index (κ1) is 20.7. The van der Waals surface area contributed by atoms with Crippen LogP contribution in [0, 0.1) is 13.8 Å². The number of thiazole rings is 1. The van der Waals surface area contributed by atoms with Crippen molar-refractivity contribution in [3.05, 3.63) is 82.0 Å². The smallest absolute Gasteiger partial charge is 0.256 e. The minimum absolute atomic E-state index is 0.112. The van der Waals surface area contributed by atoms with E-state index in [-0.39, 0.29) is 18.0 Å². The molecule has 2 aromatic carbocycles. The van der Waals surface area contributed by atoms with E-state index >= 15 is 0 Å². The molecule has 0 aliphatic rings. The lowest BCUT2D eigenvalue weighted by atomic mass is 10.2. The van der Waals surface area contributed by atoms with Crippen LogP contribution in [0.4, 0.5) is 5.13 Å². The fourth-order valence-corrected chi connectivity index (χ4v) is 4.15. The van der Waals surface area contributed by atoms with Crippen LogP contribution in [0.3, 0.4) is 0 Å². The molecule has 4 rings (SSSR count). The Morgan fingerprint density at radius 2 is 1.94 bits per heavy atom. The van der Waals surface area contributed by atoms with Crippen LogP contribution in [-0.4, -0.2) is 27.6 Å². The minimum atomic E-state index is -0.234. The molecule has 0 aliphatic carbocycles. The molecule has 8 heteroatoms. The number of nitrogens with zero attached hydrogens (tertiary/aromatic N) is 4. The molecule has 0 N–H and O–H groups in total. The topological polar surface area (TPSA) is 77.3 Å². The monoisotopic (exact) mass is 434 g/mol. The molecule has 0 atom stereocenters. The van der Waals surface area contributed by atoms with Gasteiger partial charge in [-0.3, -0.25) is 19.1 Å². The molecule has 4 aromatic rings. The molecule has 0 spiro atoms. The lowest BCUT2D eigenvalue weighted by Crippen LogP contribution is -2.37. The van der Waals surface area contributed by atoms with Crippen LogP contribution in [0.15, 0.2) is 59.7 Å².